The van der Waals surface area contributed by atoms with E-state index in [9.17, 15) is 9.59 Å². The molecular weight excluding hydrogens is 424 g/mol. The van der Waals surface area contributed by atoms with Crippen LogP contribution in [0.15, 0.2) is 58.5 Å². The molecule has 1 fully saturated rings. The first-order valence-corrected chi connectivity index (χ1v) is 11.7. The third-order valence-corrected chi connectivity index (χ3v) is 6.61. The van der Waals surface area contributed by atoms with Gasteiger partial charge in [-0.05, 0) is 38.0 Å². The van der Waals surface area contributed by atoms with Crippen molar-refractivity contribution < 1.29 is 9.53 Å². The second-order valence-corrected chi connectivity index (χ2v) is 8.93. The van der Waals surface area contributed by atoms with E-state index in [4.69, 9.17) is 9.72 Å². The van der Waals surface area contributed by atoms with Gasteiger partial charge < -0.3 is 15.0 Å². The molecular formula is C24H24N4O3S. The van der Waals surface area contributed by atoms with Crippen molar-refractivity contribution in [2.24, 2.45) is 0 Å². The number of hydrogen-bond acceptors (Lipinski definition) is 5. The normalized spacial score (nSPS) is 16.1. The predicted molar refractivity (Wildman–Crippen MR) is 127 cm³/mol. The number of benzene rings is 2. The van der Waals surface area contributed by atoms with Crippen molar-refractivity contribution in [2.45, 2.75) is 31.0 Å². The topological polar surface area (TPSA) is 89.0 Å². The van der Waals surface area contributed by atoms with Crippen LogP contribution in [-0.4, -0.2) is 45.5 Å². The molecule has 8 heteroatoms. The second-order valence-electron chi connectivity index (χ2n) is 7.99. The van der Waals surface area contributed by atoms with Gasteiger partial charge in [0.05, 0.1) is 17.5 Å². The molecule has 2 aromatic carbocycles. The highest BCUT2D eigenvalue weighted by molar-refractivity contribution is 7.99. The lowest BCUT2D eigenvalue weighted by Crippen LogP contribution is -2.33. The summed E-state index contributed by atoms with van der Waals surface area (Å²) in [6, 6.07) is 15.4. The average molecular weight is 449 g/mol. The van der Waals surface area contributed by atoms with Gasteiger partial charge in [-0.2, -0.15) is 0 Å². The Hall–Kier alpha value is -3.10. The largest absolute Gasteiger partial charge is 0.376 e. The lowest BCUT2D eigenvalue weighted by molar-refractivity contribution is -0.119. The maximum atomic E-state index is 13.5. The Morgan fingerprint density at radius 1 is 1.25 bits per heavy atom. The van der Waals surface area contributed by atoms with Gasteiger partial charge in [-0.25, -0.2) is 4.98 Å². The lowest BCUT2D eigenvalue weighted by atomic mass is 10.2. The Balaban J connectivity index is 1.50. The van der Waals surface area contributed by atoms with Gasteiger partial charge in [0.15, 0.2) is 5.16 Å². The van der Waals surface area contributed by atoms with E-state index in [0.29, 0.717) is 22.7 Å². The van der Waals surface area contributed by atoms with Gasteiger partial charge in [0.2, 0.25) is 5.91 Å². The van der Waals surface area contributed by atoms with E-state index in [0.717, 1.165) is 41.6 Å². The van der Waals surface area contributed by atoms with Crippen molar-refractivity contribution in [3.8, 4) is 5.69 Å². The van der Waals surface area contributed by atoms with Crippen LogP contribution in [0.25, 0.3) is 27.6 Å². The molecule has 4 aromatic rings. The summed E-state index contributed by atoms with van der Waals surface area (Å²) in [5.41, 5.74) is 3.58. The van der Waals surface area contributed by atoms with Crippen molar-refractivity contribution in [3.05, 3.63) is 64.4 Å². The van der Waals surface area contributed by atoms with Gasteiger partial charge >= 0.3 is 0 Å². The van der Waals surface area contributed by atoms with Crippen LogP contribution in [0, 0.1) is 6.92 Å². The number of rotatable bonds is 6. The number of aromatic amines is 1. The number of hydrogen-bond donors (Lipinski definition) is 2. The van der Waals surface area contributed by atoms with Crippen LogP contribution in [0.5, 0.6) is 0 Å². The van der Waals surface area contributed by atoms with E-state index in [1.165, 1.54) is 11.8 Å². The molecule has 0 bridgehead atoms. The number of aromatic nitrogens is 3. The fraction of sp³-hybridized carbons (Fsp3) is 0.292. The van der Waals surface area contributed by atoms with Crippen LogP contribution in [-0.2, 0) is 9.53 Å². The Labute approximate surface area is 189 Å². The molecule has 1 aliphatic rings. The third-order valence-electron chi connectivity index (χ3n) is 5.67. The summed E-state index contributed by atoms with van der Waals surface area (Å²) in [4.78, 5) is 34.0. The zero-order chi connectivity index (χ0) is 22.1. The number of thioether (sulfide) groups is 1. The Morgan fingerprint density at radius 2 is 2.06 bits per heavy atom. The van der Waals surface area contributed by atoms with E-state index in [2.05, 4.69) is 10.3 Å². The van der Waals surface area contributed by atoms with E-state index in [1.54, 1.807) is 4.57 Å². The quantitative estimate of drug-likeness (QED) is 0.348. The predicted octanol–water partition coefficient (Wildman–Crippen LogP) is 3.56. The minimum Gasteiger partial charge on any atom is -0.376 e. The number of nitrogens with one attached hydrogen (secondary N) is 2. The zero-order valence-corrected chi connectivity index (χ0v) is 18.6. The number of para-hydroxylation sites is 1. The molecule has 0 saturated carbocycles. The third kappa shape index (κ3) is 4.03. The molecule has 2 aromatic heterocycles. The number of H-pyrrole nitrogens is 1. The van der Waals surface area contributed by atoms with Gasteiger partial charge in [-0.1, -0.05) is 47.7 Å². The molecule has 164 valence electrons. The highest BCUT2D eigenvalue weighted by Gasteiger charge is 2.19. The van der Waals surface area contributed by atoms with Crippen LogP contribution in [0.3, 0.4) is 0 Å². The van der Waals surface area contributed by atoms with Gasteiger partial charge in [-0.15, -0.1) is 0 Å². The zero-order valence-electron chi connectivity index (χ0n) is 17.8. The first-order valence-electron chi connectivity index (χ1n) is 10.7. The standard InChI is InChI=1S/C24H24N4O3S/c1-15-8-10-16(11-9-15)28-23(30)22-21(18-6-2-3-7-19(18)26-22)27-24(28)32-14-20(29)25-13-17-5-4-12-31-17/h2-3,6-11,17,26H,4-5,12-14H2,1H3,(H,25,29). The number of aryl methyl sites for hydroxylation is 1. The molecule has 0 spiro atoms. The van der Waals surface area contributed by atoms with Gasteiger partial charge in [-0.3, -0.25) is 14.2 Å². The average Bonchev–Trinajstić information content (AvgIpc) is 3.45. The molecule has 1 atom stereocenters. The minimum atomic E-state index is -0.183. The number of nitrogens with zero attached hydrogens (tertiary/aromatic N) is 2. The molecule has 2 N–H and O–H groups in total. The maximum absolute atomic E-state index is 13.5. The van der Waals surface area contributed by atoms with Gasteiger partial charge in [0.25, 0.3) is 5.56 Å². The smallest absolute Gasteiger partial charge is 0.283 e. The van der Waals surface area contributed by atoms with Crippen LogP contribution >= 0.6 is 11.8 Å². The summed E-state index contributed by atoms with van der Waals surface area (Å²) in [5.74, 6) is 0.0630. The van der Waals surface area contributed by atoms with Crippen LogP contribution in [0.1, 0.15) is 18.4 Å². The number of amides is 1. The molecule has 7 nitrogen and oxygen atoms in total. The SMILES string of the molecule is Cc1ccc(-n2c(SCC(=O)NCC3CCCO3)nc3c([nH]c4ccccc43)c2=O)cc1. The molecule has 1 aliphatic heterocycles. The van der Waals surface area contributed by atoms with Crippen molar-refractivity contribution in [1.29, 1.82) is 0 Å². The molecule has 3 heterocycles. The van der Waals surface area contributed by atoms with E-state index < -0.39 is 0 Å². The molecule has 5 rings (SSSR count). The lowest BCUT2D eigenvalue weighted by Gasteiger charge is -2.13. The van der Waals surface area contributed by atoms with Crippen LogP contribution in [0.2, 0.25) is 0 Å². The summed E-state index contributed by atoms with van der Waals surface area (Å²) in [6.07, 6.45) is 2.10. The summed E-state index contributed by atoms with van der Waals surface area (Å²) in [5, 5.41) is 4.31. The Bertz CT molecular complexity index is 1340. The van der Waals surface area contributed by atoms with Gasteiger partial charge in [0.1, 0.15) is 11.0 Å². The van der Waals surface area contributed by atoms with Crippen molar-refractivity contribution in [2.75, 3.05) is 18.9 Å². The number of fused-ring (bicyclic) bond motifs is 3. The first-order chi connectivity index (χ1) is 15.6. The number of carbonyl (C=O) groups is 1. The number of carbonyl (C=O) groups excluding carboxylic acids is 1. The highest BCUT2D eigenvalue weighted by atomic mass is 32.2. The molecule has 1 unspecified atom stereocenters. The van der Waals surface area contributed by atoms with Crippen LogP contribution in [0.4, 0.5) is 0 Å². The summed E-state index contributed by atoms with van der Waals surface area (Å²) in [6.45, 7) is 3.27. The van der Waals surface area contributed by atoms with E-state index in [1.807, 2.05) is 55.5 Å². The minimum absolute atomic E-state index is 0.0929. The highest BCUT2D eigenvalue weighted by Crippen LogP contribution is 2.26. The fourth-order valence-corrected chi connectivity index (χ4v) is 4.81. The van der Waals surface area contributed by atoms with Crippen molar-refractivity contribution in [3.63, 3.8) is 0 Å². The molecule has 32 heavy (non-hydrogen) atoms. The van der Waals surface area contributed by atoms with Crippen molar-refractivity contribution in [1.82, 2.24) is 19.9 Å². The van der Waals surface area contributed by atoms with E-state index in [-0.39, 0.29) is 23.3 Å². The summed E-state index contributed by atoms with van der Waals surface area (Å²) < 4.78 is 7.14. The summed E-state index contributed by atoms with van der Waals surface area (Å²) >= 11 is 1.26. The fourth-order valence-electron chi connectivity index (χ4n) is 3.97. The maximum Gasteiger partial charge on any atom is 0.283 e. The monoisotopic (exact) mass is 448 g/mol. The first kappa shape index (κ1) is 20.8. The molecule has 1 saturated heterocycles. The second kappa shape index (κ2) is 8.80. The van der Waals surface area contributed by atoms with Crippen molar-refractivity contribution >= 4 is 39.6 Å². The Kier molecular flexibility index (Phi) is 5.71. The molecule has 0 aliphatic carbocycles. The molecule has 1 amide bonds. The Morgan fingerprint density at radius 3 is 2.84 bits per heavy atom. The van der Waals surface area contributed by atoms with E-state index >= 15 is 0 Å². The van der Waals surface area contributed by atoms with Gasteiger partial charge in [0, 0.05) is 24.1 Å². The number of ether oxygens (including phenoxy) is 1. The van der Waals surface area contributed by atoms with Crippen LogP contribution < -0.4 is 10.9 Å². The molecule has 0 radical (unpaired) electrons. The summed E-state index contributed by atoms with van der Waals surface area (Å²) in [7, 11) is 0.